The minimum Gasteiger partial charge on any atom is -0.496 e. The van der Waals surface area contributed by atoms with Crippen LogP contribution in [-0.2, 0) is 17.6 Å². The van der Waals surface area contributed by atoms with Gasteiger partial charge in [0.2, 0.25) is 0 Å². The van der Waals surface area contributed by atoms with Crippen LogP contribution in [0.25, 0.3) is 17.3 Å². The largest absolute Gasteiger partial charge is 0.496 e. The summed E-state index contributed by atoms with van der Waals surface area (Å²) in [6.07, 6.45) is 7.34. The van der Waals surface area contributed by atoms with E-state index in [4.69, 9.17) is 9.57 Å². The summed E-state index contributed by atoms with van der Waals surface area (Å²) in [4.78, 5) is 12.0. The molecule has 0 saturated carbocycles. The van der Waals surface area contributed by atoms with Crippen molar-refractivity contribution in [3.8, 4) is 17.0 Å². The number of benzene rings is 2. The monoisotopic (exact) mass is 448 g/mol. The number of rotatable bonds is 5. The van der Waals surface area contributed by atoms with Gasteiger partial charge in [0.25, 0.3) is 5.72 Å². The van der Waals surface area contributed by atoms with Crippen molar-refractivity contribution in [2.45, 2.75) is 18.6 Å². The number of amidine groups is 1. The molecule has 3 heterocycles. The molecule has 0 amide bonds. The van der Waals surface area contributed by atoms with Crippen LogP contribution < -0.4 is 4.74 Å². The summed E-state index contributed by atoms with van der Waals surface area (Å²) >= 11 is 0. The Kier molecular flexibility index (Phi) is 5.38. The first-order valence-electron chi connectivity index (χ1n) is 10.8. The zero-order valence-electron chi connectivity index (χ0n) is 18.5. The summed E-state index contributed by atoms with van der Waals surface area (Å²) in [6, 6.07) is 12.0. The molecule has 1 atom stereocenters. The van der Waals surface area contributed by atoms with Crippen molar-refractivity contribution in [2.75, 3.05) is 20.3 Å². The maximum atomic E-state index is 13.5. The average molecular weight is 448 g/mol. The van der Waals surface area contributed by atoms with Crippen LogP contribution in [0.5, 0.6) is 5.75 Å². The molecule has 1 saturated heterocycles. The van der Waals surface area contributed by atoms with E-state index in [-0.39, 0.29) is 12.4 Å². The topological polar surface area (TPSA) is 72.1 Å². The standard InChI is InChI=1S/C25H25FN4O3/c1-29-16-27-14-22(29)21-10-5-17(13-23(21)32-2)12-18-4-3-11-30-24(18)28-33-25(30,15-31)19-6-8-20(26)9-7-19/h5-10,12-14,16,31H,3-4,11,15H2,1-2H3. The molecule has 1 N–H and O–H groups in total. The predicted octanol–water partition coefficient (Wildman–Crippen LogP) is 3.90. The lowest BCUT2D eigenvalue weighted by atomic mass is 9.94. The number of nitrogens with zero attached hydrogens (tertiary/aromatic N) is 4. The summed E-state index contributed by atoms with van der Waals surface area (Å²) in [6.45, 7) is 0.378. The Morgan fingerprint density at radius 2 is 2.06 bits per heavy atom. The van der Waals surface area contributed by atoms with E-state index in [9.17, 15) is 9.50 Å². The number of hydrogen-bond donors (Lipinski definition) is 1. The SMILES string of the molecule is COc1cc(C=C2CCCN3C2=NOC3(CO)c2ccc(F)cc2)ccc1-c1cncn1C. The first kappa shape index (κ1) is 21.2. The van der Waals surface area contributed by atoms with Gasteiger partial charge in [-0.1, -0.05) is 11.2 Å². The number of aliphatic hydroxyl groups excluding tert-OH is 1. The van der Waals surface area contributed by atoms with Crippen molar-refractivity contribution in [1.29, 1.82) is 0 Å². The van der Waals surface area contributed by atoms with E-state index >= 15 is 0 Å². The van der Waals surface area contributed by atoms with Crippen molar-refractivity contribution in [3.63, 3.8) is 0 Å². The smallest absolute Gasteiger partial charge is 0.260 e. The third-order valence-electron chi connectivity index (χ3n) is 6.26. The van der Waals surface area contributed by atoms with Crippen molar-refractivity contribution in [1.82, 2.24) is 14.5 Å². The number of fused-ring (bicyclic) bond motifs is 1. The first-order valence-corrected chi connectivity index (χ1v) is 10.8. The Bertz CT molecular complexity index is 1230. The van der Waals surface area contributed by atoms with Crippen molar-refractivity contribution >= 4 is 11.9 Å². The Balaban J connectivity index is 1.48. The molecular formula is C25H25FN4O3. The molecule has 1 fully saturated rings. The molecule has 2 aromatic carbocycles. The summed E-state index contributed by atoms with van der Waals surface area (Å²) in [7, 11) is 3.60. The maximum Gasteiger partial charge on any atom is 0.260 e. The molecule has 1 aromatic heterocycles. The molecule has 0 spiro atoms. The number of imidazole rings is 1. The van der Waals surface area contributed by atoms with E-state index in [0.29, 0.717) is 17.9 Å². The van der Waals surface area contributed by atoms with Crippen LogP contribution in [0.4, 0.5) is 4.39 Å². The predicted molar refractivity (Wildman–Crippen MR) is 123 cm³/mol. The lowest BCUT2D eigenvalue weighted by Gasteiger charge is -2.38. The summed E-state index contributed by atoms with van der Waals surface area (Å²) < 4.78 is 21.1. The number of methoxy groups -OCH3 is 1. The van der Waals surface area contributed by atoms with E-state index in [2.05, 4.69) is 16.2 Å². The highest BCUT2D eigenvalue weighted by Crippen LogP contribution is 2.40. The number of halogens is 1. The average Bonchev–Trinajstić information content (AvgIpc) is 3.44. The van der Waals surface area contributed by atoms with Crippen molar-refractivity contribution in [2.24, 2.45) is 12.2 Å². The van der Waals surface area contributed by atoms with Gasteiger partial charge in [0.1, 0.15) is 18.2 Å². The zero-order chi connectivity index (χ0) is 23.0. The van der Waals surface area contributed by atoms with Crippen molar-refractivity contribution < 1.29 is 19.1 Å². The third-order valence-corrected chi connectivity index (χ3v) is 6.26. The second-order valence-electron chi connectivity index (χ2n) is 8.23. The van der Waals surface area contributed by atoms with E-state index < -0.39 is 5.72 Å². The van der Waals surface area contributed by atoms with Gasteiger partial charge in [0, 0.05) is 24.7 Å². The molecule has 33 heavy (non-hydrogen) atoms. The van der Waals surface area contributed by atoms with E-state index in [0.717, 1.165) is 41.0 Å². The number of piperidine rings is 1. The fourth-order valence-corrected chi connectivity index (χ4v) is 4.53. The highest BCUT2D eigenvalue weighted by molar-refractivity contribution is 6.03. The van der Waals surface area contributed by atoms with Crippen LogP contribution in [0.3, 0.4) is 0 Å². The van der Waals surface area contributed by atoms with Crippen LogP contribution in [-0.4, -0.2) is 45.7 Å². The first-order chi connectivity index (χ1) is 16.1. The summed E-state index contributed by atoms with van der Waals surface area (Å²) in [5.41, 5.74) is 3.42. The molecule has 2 aliphatic rings. The molecule has 8 heteroatoms. The zero-order valence-corrected chi connectivity index (χ0v) is 18.5. The Morgan fingerprint density at radius 1 is 1.24 bits per heavy atom. The normalized spacial score (nSPS) is 21.0. The highest BCUT2D eigenvalue weighted by atomic mass is 19.1. The van der Waals surface area contributed by atoms with E-state index in [1.807, 2.05) is 40.9 Å². The molecule has 0 aliphatic carbocycles. The van der Waals surface area contributed by atoms with Gasteiger partial charge in [-0.3, -0.25) is 0 Å². The van der Waals surface area contributed by atoms with Gasteiger partial charge < -0.3 is 24.1 Å². The third kappa shape index (κ3) is 3.56. The van der Waals surface area contributed by atoms with Gasteiger partial charge in [0.05, 0.1) is 25.3 Å². The lowest BCUT2D eigenvalue weighted by Crippen LogP contribution is -2.51. The number of oxime groups is 1. The number of aromatic nitrogens is 2. The van der Waals surface area contributed by atoms with Crippen LogP contribution in [0.15, 0.2) is 65.7 Å². The molecule has 3 aromatic rings. The lowest BCUT2D eigenvalue weighted by molar-refractivity contribution is -0.137. The minimum absolute atomic E-state index is 0.299. The van der Waals surface area contributed by atoms with Gasteiger partial charge >= 0.3 is 0 Å². The van der Waals surface area contributed by atoms with Gasteiger partial charge in [0.15, 0.2) is 5.84 Å². The Hall–Kier alpha value is -3.65. The quantitative estimate of drug-likeness (QED) is 0.641. The summed E-state index contributed by atoms with van der Waals surface area (Å²) in [5.74, 6) is 1.10. The summed E-state index contributed by atoms with van der Waals surface area (Å²) in [5, 5.41) is 14.6. The van der Waals surface area contributed by atoms with Crippen LogP contribution >= 0.6 is 0 Å². The number of aryl methyl sites for hydroxylation is 1. The molecule has 7 nitrogen and oxygen atoms in total. The van der Waals surface area contributed by atoms with Crippen LogP contribution in [0, 0.1) is 5.82 Å². The van der Waals surface area contributed by atoms with Gasteiger partial charge in [-0.25, -0.2) is 9.37 Å². The molecule has 5 rings (SSSR count). The molecule has 0 bridgehead atoms. The Morgan fingerprint density at radius 3 is 2.76 bits per heavy atom. The second-order valence-corrected chi connectivity index (χ2v) is 8.23. The number of ether oxygens (including phenoxy) is 1. The maximum absolute atomic E-state index is 13.5. The minimum atomic E-state index is -1.15. The fraction of sp³-hybridized carbons (Fsp3) is 0.280. The highest BCUT2D eigenvalue weighted by Gasteiger charge is 2.49. The molecule has 2 aliphatic heterocycles. The molecular weight excluding hydrogens is 423 g/mol. The van der Waals surface area contributed by atoms with Gasteiger partial charge in [-0.2, -0.15) is 0 Å². The van der Waals surface area contributed by atoms with E-state index in [1.54, 1.807) is 25.6 Å². The fourth-order valence-electron chi connectivity index (χ4n) is 4.53. The van der Waals surface area contributed by atoms with Gasteiger partial charge in [-0.05, 0) is 66.5 Å². The number of aliphatic hydroxyl groups is 1. The van der Waals surface area contributed by atoms with Gasteiger partial charge in [-0.15, -0.1) is 0 Å². The van der Waals surface area contributed by atoms with Crippen molar-refractivity contribution in [3.05, 3.63) is 77.5 Å². The molecule has 0 radical (unpaired) electrons. The Labute approximate surface area is 191 Å². The number of hydrogen-bond acceptors (Lipinski definition) is 6. The van der Waals surface area contributed by atoms with Crippen LogP contribution in [0.2, 0.25) is 0 Å². The second kappa shape index (κ2) is 8.37. The molecule has 1 unspecified atom stereocenters. The molecule has 170 valence electrons. The van der Waals surface area contributed by atoms with E-state index in [1.165, 1.54) is 12.1 Å². The van der Waals surface area contributed by atoms with Crippen LogP contribution in [0.1, 0.15) is 24.0 Å².